The first-order valence-electron chi connectivity index (χ1n) is 7.14. The van der Waals surface area contributed by atoms with Crippen molar-refractivity contribution in [3.63, 3.8) is 0 Å². The third-order valence-corrected chi connectivity index (χ3v) is 5.94. The molecule has 0 aliphatic carbocycles. The van der Waals surface area contributed by atoms with Gasteiger partial charge in [0.2, 0.25) is 10.0 Å². The Morgan fingerprint density at radius 2 is 1.83 bits per heavy atom. The number of thiophene rings is 1. The van der Waals surface area contributed by atoms with Crippen LogP contribution in [0.4, 0.5) is 0 Å². The Bertz CT molecular complexity index is 796. The Morgan fingerprint density at radius 3 is 2.33 bits per heavy atom. The Labute approximate surface area is 145 Å². The van der Waals surface area contributed by atoms with E-state index >= 15 is 0 Å². The molecule has 1 heterocycles. The molecule has 1 aromatic carbocycles. The standard InChI is InChI=1S/C16H19NO5S2/c1-11-4-9-15(23-11)14(21-2)10-17-24(19,20)13-7-5-12(6-8-13)16(18)22-3/h4-9,14,17H,10H2,1-3H3. The fourth-order valence-electron chi connectivity index (χ4n) is 2.08. The molecule has 0 bridgehead atoms. The second kappa shape index (κ2) is 7.89. The van der Waals surface area contributed by atoms with E-state index < -0.39 is 16.0 Å². The summed E-state index contributed by atoms with van der Waals surface area (Å²) in [4.78, 5) is 13.6. The Balaban J connectivity index is 2.08. The van der Waals surface area contributed by atoms with Gasteiger partial charge in [-0.15, -0.1) is 11.3 Å². The van der Waals surface area contributed by atoms with Crippen LogP contribution in [0.5, 0.6) is 0 Å². The van der Waals surface area contributed by atoms with Crippen molar-refractivity contribution < 1.29 is 22.7 Å². The number of ether oxygens (including phenoxy) is 2. The average Bonchev–Trinajstić information content (AvgIpc) is 3.01. The Hall–Kier alpha value is -1.74. The monoisotopic (exact) mass is 369 g/mol. The summed E-state index contributed by atoms with van der Waals surface area (Å²) in [6, 6.07) is 9.45. The van der Waals surface area contributed by atoms with Crippen LogP contribution in [0, 0.1) is 6.92 Å². The SMILES string of the molecule is COC(=O)c1ccc(S(=O)(=O)NCC(OC)c2ccc(C)s2)cc1. The predicted molar refractivity (Wildman–Crippen MR) is 91.8 cm³/mol. The highest BCUT2D eigenvalue weighted by Gasteiger charge is 2.19. The van der Waals surface area contributed by atoms with Crippen LogP contribution in [-0.4, -0.2) is 35.2 Å². The lowest BCUT2D eigenvalue weighted by atomic mass is 10.2. The normalized spacial score (nSPS) is 12.8. The lowest BCUT2D eigenvalue weighted by Crippen LogP contribution is -2.29. The highest BCUT2D eigenvalue weighted by Crippen LogP contribution is 2.25. The molecule has 0 saturated heterocycles. The molecule has 1 aromatic heterocycles. The molecule has 0 aliphatic heterocycles. The fourth-order valence-corrected chi connectivity index (χ4v) is 4.07. The van der Waals surface area contributed by atoms with Crippen molar-refractivity contribution in [2.24, 2.45) is 0 Å². The molecule has 0 spiro atoms. The lowest BCUT2D eigenvalue weighted by Gasteiger charge is -2.15. The number of hydrogen-bond acceptors (Lipinski definition) is 6. The summed E-state index contributed by atoms with van der Waals surface area (Å²) in [5.41, 5.74) is 0.292. The molecule has 1 N–H and O–H groups in total. The van der Waals surface area contributed by atoms with Crippen molar-refractivity contribution in [3.05, 3.63) is 51.7 Å². The highest BCUT2D eigenvalue weighted by molar-refractivity contribution is 7.89. The van der Waals surface area contributed by atoms with Gasteiger partial charge in [-0.3, -0.25) is 0 Å². The number of rotatable bonds is 7. The molecule has 130 valence electrons. The Kier molecular flexibility index (Phi) is 6.11. The molecule has 1 unspecified atom stereocenters. The van der Waals surface area contributed by atoms with Crippen molar-refractivity contribution in [2.75, 3.05) is 20.8 Å². The molecular formula is C16H19NO5S2. The van der Waals surface area contributed by atoms with E-state index in [1.807, 2.05) is 19.1 Å². The van der Waals surface area contributed by atoms with E-state index in [4.69, 9.17) is 4.74 Å². The second-order valence-corrected chi connectivity index (χ2v) is 8.13. The summed E-state index contributed by atoms with van der Waals surface area (Å²) in [7, 11) is -0.883. The number of aryl methyl sites for hydroxylation is 1. The van der Waals surface area contributed by atoms with Crippen LogP contribution in [0.15, 0.2) is 41.3 Å². The van der Waals surface area contributed by atoms with Crippen LogP contribution in [-0.2, 0) is 19.5 Å². The van der Waals surface area contributed by atoms with Gasteiger partial charge in [-0.05, 0) is 43.3 Å². The van der Waals surface area contributed by atoms with Gasteiger partial charge in [0.1, 0.15) is 6.10 Å². The minimum atomic E-state index is -3.69. The molecule has 0 radical (unpaired) electrons. The molecule has 8 heteroatoms. The Morgan fingerprint density at radius 1 is 1.17 bits per heavy atom. The summed E-state index contributed by atoms with van der Waals surface area (Å²) in [6.07, 6.45) is -0.354. The first kappa shape index (κ1) is 18.6. The van der Waals surface area contributed by atoms with Crippen molar-refractivity contribution in [1.82, 2.24) is 4.72 Å². The average molecular weight is 369 g/mol. The van der Waals surface area contributed by atoms with E-state index in [0.717, 1.165) is 9.75 Å². The fraction of sp³-hybridized carbons (Fsp3) is 0.312. The van der Waals surface area contributed by atoms with Gasteiger partial charge in [0.05, 0.1) is 17.6 Å². The number of benzene rings is 1. The maximum absolute atomic E-state index is 12.4. The first-order valence-corrected chi connectivity index (χ1v) is 9.44. The molecule has 0 amide bonds. The summed E-state index contributed by atoms with van der Waals surface area (Å²) < 4.78 is 37.2. The summed E-state index contributed by atoms with van der Waals surface area (Å²) in [5.74, 6) is -0.514. The summed E-state index contributed by atoms with van der Waals surface area (Å²) >= 11 is 1.56. The van der Waals surface area contributed by atoms with Crippen LogP contribution >= 0.6 is 11.3 Å². The molecule has 0 saturated carbocycles. The maximum Gasteiger partial charge on any atom is 0.337 e. The van der Waals surface area contributed by atoms with E-state index in [-0.39, 0.29) is 17.5 Å². The quantitative estimate of drug-likeness (QED) is 0.759. The van der Waals surface area contributed by atoms with Gasteiger partial charge in [0, 0.05) is 23.4 Å². The van der Waals surface area contributed by atoms with Gasteiger partial charge in [0.25, 0.3) is 0 Å². The number of nitrogens with one attached hydrogen (secondary N) is 1. The molecule has 0 fully saturated rings. The molecule has 2 aromatic rings. The second-order valence-electron chi connectivity index (χ2n) is 5.04. The molecule has 6 nitrogen and oxygen atoms in total. The molecular weight excluding hydrogens is 350 g/mol. The zero-order chi connectivity index (χ0) is 17.7. The van der Waals surface area contributed by atoms with Gasteiger partial charge in [-0.1, -0.05) is 0 Å². The van der Waals surface area contributed by atoms with E-state index in [2.05, 4.69) is 9.46 Å². The molecule has 2 rings (SSSR count). The third-order valence-electron chi connectivity index (χ3n) is 3.41. The smallest absolute Gasteiger partial charge is 0.337 e. The number of carbonyl (C=O) groups is 1. The van der Waals surface area contributed by atoms with Crippen molar-refractivity contribution >= 4 is 27.3 Å². The van der Waals surface area contributed by atoms with E-state index in [1.54, 1.807) is 18.4 Å². The summed E-state index contributed by atoms with van der Waals surface area (Å²) in [5, 5.41) is 0. The van der Waals surface area contributed by atoms with Crippen LogP contribution in [0.1, 0.15) is 26.2 Å². The number of sulfonamides is 1. The predicted octanol–water partition coefficient (Wildman–Crippen LogP) is 2.51. The topological polar surface area (TPSA) is 81.7 Å². The zero-order valence-electron chi connectivity index (χ0n) is 13.6. The van der Waals surface area contributed by atoms with Gasteiger partial charge in [-0.2, -0.15) is 0 Å². The van der Waals surface area contributed by atoms with Crippen molar-refractivity contribution in [2.45, 2.75) is 17.9 Å². The van der Waals surface area contributed by atoms with Gasteiger partial charge in [0.15, 0.2) is 0 Å². The maximum atomic E-state index is 12.4. The van der Waals surface area contributed by atoms with E-state index in [1.165, 1.54) is 31.4 Å². The third kappa shape index (κ3) is 4.41. The molecule has 24 heavy (non-hydrogen) atoms. The van der Waals surface area contributed by atoms with Gasteiger partial charge < -0.3 is 9.47 Å². The zero-order valence-corrected chi connectivity index (χ0v) is 15.2. The van der Waals surface area contributed by atoms with E-state index in [9.17, 15) is 13.2 Å². The minimum absolute atomic E-state index is 0.0763. The van der Waals surface area contributed by atoms with Crippen LogP contribution in [0.3, 0.4) is 0 Å². The number of hydrogen-bond donors (Lipinski definition) is 1. The number of methoxy groups -OCH3 is 2. The van der Waals surface area contributed by atoms with E-state index in [0.29, 0.717) is 5.56 Å². The summed E-state index contributed by atoms with van der Waals surface area (Å²) in [6.45, 7) is 2.10. The number of carbonyl (C=O) groups excluding carboxylic acids is 1. The van der Waals surface area contributed by atoms with Crippen LogP contribution in [0.25, 0.3) is 0 Å². The van der Waals surface area contributed by atoms with Crippen molar-refractivity contribution in [1.29, 1.82) is 0 Å². The number of esters is 1. The van der Waals surface area contributed by atoms with Crippen LogP contribution < -0.4 is 4.72 Å². The minimum Gasteiger partial charge on any atom is -0.465 e. The molecule has 1 atom stereocenters. The van der Waals surface area contributed by atoms with Gasteiger partial charge >= 0.3 is 5.97 Å². The van der Waals surface area contributed by atoms with Crippen molar-refractivity contribution in [3.8, 4) is 0 Å². The van der Waals surface area contributed by atoms with Gasteiger partial charge in [-0.25, -0.2) is 17.9 Å². The first-order chi connectivity index (χ1) is 11.4. The highest BCUT2D eigenvalue weighted by atomic mass is 32.2. The van der Waals surface area contributed by atoms with Crippen LogP contribution in [0.2, 0.25) is 0 Å². The largest absolute Gasteiger partial charge is 0.465 e. The lowest BCUT2D eigenvalue weighted by molar-refractivity contribution is 0.0600. The molecule has 0 aliphatic rings.